The van der Waals surface area contributed by atoms with Crippen LogP contribution in [0, 0.1) is 0 Å². The molecule has 0 saturated heterocycles. The lowest BCUT2D eigenvalue weighted by Crippen LogP contribution is -2.45. The summed E-state index contributed by atoms with van der Waals surface area (Å²) in [4.78, 5) is 0. The van der Waals surface area contributed by atoms with Gasteiger partial charge in [0.1, 0.15) is 5.73 Å². The molecule has 0 N–H and O–H groups in total. The lowest BCUT2D eigenvalue weighted by Gasteiger charge is -2.33. The lowest BCUT2D eigenvalue weighted by atomic mass is 10.4. The predicted molar refractivity (Wildman–Crippen MR) is 75.3 cm³/mol. The molecule has 0 spiro atoms. The van der Waals surface area contributed by atoms with Gasteiger partial charge in [0.05, 0.1) is 25.2 Å². The molecule has 0 heterocycles. The van der Waals surface area contributed by atoms with Crippen LogP contribution in [0.15, 0.2) is 38.5 Å². The van der Waals surface area contributed by atoms with Crippen molar-refractivity contribution in [2.75, 3.05) is 7.11 Å². The Labute approximate surface area is 122 Å². The first-order valence-corrected chi connectivity index (χ1v) is 9.92. The minimum absolute atomic E-state index is 0.0102. The highest BCUT2D eigenvalue weighted by Crippen LogP contribution is 2.34. The molecule has 18 heavy (non-hydrogen) atoms. The summed E-state index contributed by atoms with van der Waals surface area (Å²) in [6.07, 6.45) is 3.43. The van der Waals surface area contributed by atoms with Crippen molar-refractivity contribution in [3.63, 3.8) is 0 Å². The van der Waals surface area contributed by atoms with Gasteiger partial charge in [-0.1, -0.05) is 19.7 Å². The Balaban J connectivity index is 5.09. The summed E-state index contributed by atoms with van der Waals surface area (Å²) in [5.41, 5.74) is -0.706. The van der Waals surface area contributed by atoms with Gasteiger partial charge in [0.25, 0.3) is 0 Å². The molecule has 0 saturated carbocycles. The fourth-order valence-corrected chi connectivity index (χ4v) is 3.41. The molecule has 104 valence electrons. The van der Waals surface area contributed by atoms with Gasteiger partial charge >= 0.3 is 12.0 Å². The molecule has 0 aromatic rings. The summed E-state index contributed by atoms with van der Waals surface area (Å²) in [7, 11) is 1.42. The number of hydrogen-bond acceptors (Lipinski definition) is 4. The van der Waals surface area contributed by atoms with Gasteiger partial charge in [0, 0.05) is 7.11 Å². The summed E-state index contributed by atoms with van der Waals surface area (Å²) >= 11 is 17.7. The maximum Gasteiger partial charge on any atom is 0.417 e. The maximum absolute atomic E-state index is 5.91. The molecule has 0 fully saturated rings. The summed E-state index contributed by atoms with van der Waals surface area (Å²) in [5, 5.41) is 0. The van der Waals surface area contributed by atoms with Crippen molar-refractivity contribution < 1.29 is 18.9 Å². The summed E-state index contributed by atoms with van der Waals surface area (Å²) in [6, 6.07) is -3.13. The Morgan fingerprint density at radius 2 is 1.44 bits per heavy atom. The fourth-order valence-electron chi connectivity index (χ4n) is 1.17. The second kappa shape index (κ2) is 7.96. The van der Waals surface area contributed by atoms with Crippen molar-refractivity contribution in [2.45, 2.75) is 18.1 Å². The van der Waals surface area contributed by atoms with Crippen LogP contribution in [-0.4, -0.2) is 24.8 Å². The van der Waals surface area contributed by atoms with Gasteiger partial charge in [-0.05, 0) is 0 Å². The zero-order valence-electron chi connectivity index (χ0n) is 9.90. The molecule has 0 bridgehead atoms. The van der Waals surface area contributed by atoms with E-state index in [2.05, 4.69) is 19.7 Å². The Morgan fingerprint density at radius 1 is 1.06 bits per heavy atom. The first-order valence-electron chi connectivity index (χ1n) is 4.81. The SMILES string of the molecule is C=COC(CC(OC)[Si](Cl)(Cl)Cl)(OC=C)OC=C. The predicted octanol–water partition coefficient (Wildman–Crippen LogP) is 3.72. The average Bonchev–Trinajstić information content (AvgIpc) is 2.25. The highest BCUT2D eigenvalue weighted by atomic mass is 35.8. The zero-order valence-corrected chi connectivity index (χ0v) is 13.2. The minimum Gasteiger partial charge on any atom is -0.429 e. The van der Waals surface area contributed by atoms with Crippen LogP contribution in [0.4, 0.5) is 0 Å². The van der Waals surface area contributed by atoms with Gasteiger partial charge in [-0.3, -0.25) is 0 Å². The van der Waals surface area contributed by atoms with Crippen molar-refractivity contribution in [1.29, 1.82) is 0 Å². The molecular formula is C10H15Cl3O4Si. The van der Waals surface area contributed by atoms with E-state index in [1.807, 2.05) is 0 Å². The molecule has 8 heteroatoms. The number of rotatable bonds is 10. The first kappa shape index (κ1) is 17.7. The molecule has 0 aliphatic carbocycles. The normalized spacial score (nSPS) is 13.3. The zero-order chi connectivity index (χ0) is 14.2. The topological polar surface area (TPSA) is 36.9 Å². The van der Waals surface area contributed by atoms with Crippen molar-refractivity contribution >= 4 is 39.2 Å². The van der Waals surface area contributed by atoms with E-state index in [1.54, 1.807) is 0 Å². The van der Waals surface area contributed by atoms with E-state index in [1.165, 1.54) is 7.11 Å². The summed E-state index contributed by atoms with van der Waals surface area (Å²) in [5.74, 6) is -1.57. The van der Waals surface area contributed by atoms with E-state index in [0.29, 0.717) is 0 Å². The number of halogens is 3. The van der Waals surface area contributed by atoms with E-state index in [4.69, 9.17) is 52.2 Å². The van der Waals surface area contributed by atoms with Crippen LogP contribution >= 0.6 is 33.2 Å². The van der Waals surface area contributed by atoms with Gasteiger partial charge in [0.2, 0.25) is 0 Å². The van der Waals surface area contributed by atoms with Crippen LogP contribution in [0.5, 0.6) is 0 Å². The molecule has 0 aromatic carbocycles. The standard InChI is InChI=1S/C10H15Cl3O4Si/c1-5-15-10(16-6-2,17-7-3)8-9(14-4)18(11,12)13/h5-7,9H,1-3,8H2,4H3. The fraction of sp³-hybridized carbons (Fsp3) is 0.400. The lowest BCUT2D eigenvalue weighted by molar-refractivity contribution is -0.325. The van der Waals surface area contributed by atoms with E-state index in [-0.39, 0.29) is 6.42 Å². The Hall–Kier alpha value is -0.333. The van der Waals surface area contributed by atoms with Crippen LogP contribution < -0.4 is 0 Å². The van der Waals surface area contributed by atoms with Crippen LogP contribution in [0.25, 0.3) is 0 Å². The Kier molecular flexibility index (Phi) is 7.81. The third-order valence-corrected chi connectivity index (χ3v) is 5.23. The Morgan fingerprint density at radius 3 is 1.67 bits per heavy atom. The molecule has 0 rings (SSSR count). The van der Waals surface area contributed by atoms with E-state index < -0.39 is 17.7 Å². The number of ether oxygens (including phenoxy) is 4. The largest absolute Gasteiger partial charge is 0.429 e. The third-order valence-electron chi connectivity index (χ3n) is 1.87. The van der Waals surface area contributed by atoms with E-state index >= 15 is 0 Å². The van der Waals surface area contributed by atoms with Gasteiger partial charge < -0.3 is 18.9 Å². The number of hydrogen-bond donors (Lipinski definition) is 0. The highest BCUT2D eigenvalue weighted by Gasteiger charge is 2.47. The van der Waals surface area contributed by atoms with Gasteiger partial charge in [-0.25, -0.2) is 0 Å². The minimum atomic E-state index is -3.13. The quantitative estimate of drug-likeness (QED) is 0.264. The molecule has 0 amide bonds. The van der Waals surface area contributed by atoms with Gasteiger partial charge in [-0.2, -0.15) is 0 Å². The highest BCUT2D eigenvalue weighted by molar-refractivity contribution is 7.65. The second-order valence-corrected chi connectivity index (χ2v) is 11.8. The van der Waals surface area contributed by atoms with Crippen LogP contribution in [-0.2, 0) is 18.9 Å². The van der Waals surface area contributed by atoms with Crippen LogP contribution in [0.1, 0.15) is 6.42 Å². The van der Waals surface area contributed by atoms with E-state index in [9.17, 15) is 0 Å². The smallest absolute Gasteiger partial charge is 0.417 e. The van der Waals surface area contributed by atoms with Gasteiger partial charge in [0.15, 0.2) is 0 Å². The first-order chi connectivity index (χ1) is 8.35. The molecule has 0 aliphatic heterocycles. The monoisotopic (exact) mass is 332 g/mol. The maximum atomic E-state index is 5.91. The molecule has 0 aromatic heterocycles. The average molecular weight is 334 g/mol. The molecule has 0 radical (unpaired) electrons. The van der Waals surface area contributed by atoms with Crippen LogP contribution in [0.2, 0.25) is 0 Å². The van der Waals surface area contributed by atoms with Gasteiger partial charge in [-0.15, -0.1) is 33.2 Å². The van der Waals surface area contributed by atoms with Crippen molar-refractivity contribution in [3.05, 3.63) is 38.5 Å². The van der Waals surface area contributed by atoms with Crippen molar-refractivity contribution in [2.24, 2.45) is 0 Å². The van der Waals surface area contributed by atoms with E-state index in [0.717, 1.165) is 18.8 Å². The third kappa shape index (κ3) is 5.54. The molecule has 0 aliphatic rings. The van der Waals surface area contributed by atoms with Crippen molar-refractivity contribution in [3.8, 4) is 0 Å². The van der Waals surface area contributed by atoms with Crippen molar-refractivity contribution in [1.82, 2.24) is 0 Å². The summed E-state index contributed by atoms with van der Waals surface area (Å²) in [6.45, 7) is 10.3. The Bertz CT molecular complexity index is 267. The number of methoxy groups -OCH3 is 1. The molecule has 4 nitrogen and oxygen atoms in total. The molecular weight excluding hydrogens is 319 g/mol. The molecule has 1 unspecified atom stereocenters. The second-order valence-electron chi connectivity index (χ2n) is 3.01. The summed E-state index contributed by atoms with van der Waals surface area (Å²) < 4.78 is 20.7. The molecule has 1 atom stereocenters. The van der Waals surface area contributed by atoms with Crippen LogP contribution in [0.3, 0.4) is 0 Å².